The molecule has 0 saturated carbocycles. The summed E-state index contributed by atoms with van der Waals surface area (Å²) in [5.74, 6) is -0.0432. The van der Waals surface area contributed by atoms with Gasteiger partial charge in [-0.1, -0.05) is 11.6 Å². The lowest BCUT2D eigenvalue weighted by Crippen LogP contribution is -2.09. The number of Topliss-reactive ketones (excluding diaryl/α,β-unsaturated/α-hetero) is 1. The van der Waals surface area contributed by atoms with Crippen molar-refractivity contribution < 1.29 is 4.79 Å². The summed E-state index contributed by atoms with van der Waals surface area (Å²) < 4.78 is 2.70. The third-order valence-corrected chi connectivity index (χ3v) is 5.03. The first-order chi connectivity index (χ1) is 9.67. The minimum atomic E-state index is -0.0432. The Morgan fingerprint density at radius 3 is 2.35 bits per heavy atom. The van der Waals surface area contributed by atoms with Gasteiger partial charge in [0.05, 0.1) is 10.6 Å². The van der Waals surface area contributed by atoms with Crippen molar-refractivity contribution in [2.45, 2.75) is 0 Å². The van der Waals surface area contributed by atoms with E-state index in [0.29, 0.717) is 16.3 Å². The average molecular weight is 325 g/mol. The summed E-state index contributed by atoms with van der Waals surface area (Å²) in [6, 6.07) is 6.91. The molecule has 1 aromatic heterocycles. The maximum Gasteiger partial charge on any atom is 0.211 e. The first-order valence-corrected chi connectivity index (χ1v) is 8.61. The molecule has 0 saturated heterocycles. The van der Waals surface area contributed by atoms with E-state index in [2.05, 4.69) is 4.98 Å². The lowest BCUT2D eigenvalue weighted by atomic mass is 10.1. The number of thioether (sulfide) groups is 2. The normalized spacial score (nSPS) is 10.3. The summed E-state index contributed by atoms with van der Waals surface area (Å²) in [6.45, 7) is 0. The third kappa shape index (κ3) is 3.29. The maximum atomic E-state index is 12.7. The van der Waals surface area contributed by atoms with Crippen LogP contribution in [0.2, 0.25) is 5.02 Å². The molecule has 0 atom stereocenters. The molecular formula is C14H13ClN2OS2. The van der Waals surface area contributed by atoms with E-state index in [1.54, 1.807) is 71.1 Å². The fourth-order valence-electron chi connectivity index (χ4n) is 1.72. The molecule has 20 heavy (non-hydrogen) atoms. The quantitative estimate of drug-likeness (QED) is 0.607. The van der Waals surface area contributed by atoms with Gasteiger partial charge in [0.2, 0.25) is 5.78 Å². The monoisotopic (exact) mass is 324 g/mol. The number of ketones is 1. The van der Waals surface area contributed by atoms with E-state index in [-0.39, 0.29) is 5.78 Å². The van der Waals surface area contributed by atoms with E-state index < -0.39 is 0 Å². The van der Waals surface area contributed by atoms with E-state index in [1.807, 2.05) is 12.5 Å². The number of imidazole rings is 1. The van der Waals surface area contributed by atoms with Gasteiger partial charge < -0.3 is 4.57 Å². The first-order valence-electron chi connectivity index (χ1n) is 5.78. The van der Waals surface area contributed by atoms with Crippen molar-refractivity contribution in [3.63, 3.8) is 0 Å². The number of benzene rings is 1. The molecule has 0 aliphatic rings. The highest BCUT2D eigenvalue weighted by Crippen LogP contribution is 2.32. The Morgan fingerprint density at radius 1 is 1.20 bits per heavy atom. The topological polar surface area (TPSA) is 34.9 Å². The smallest absolute Gasteiger partial charge is 0.211 e. The number of hydrogen-bond acceptors (Lipinski definition) is 4. The lowest BCUT2D eigenvalue weighted by molar-refractivity contribution is 0.105. The van der Waals surface area contributed by atoms with Crippen LogP contribution in [0.25, 0.3) is 5.70 Å². The molecule has 0 amide bonds. The van der Waals surface area contributed by atoms with Gasteiger partial charge in [0, 0.05) is 23.0 Å². The predicted molar refractivity (Wildman–Crippen MR) is 88.3 cm³/mol. The number of carbonyl (C=O) groups excluding carboxylic acids is 1. The molecule has 1 heterocycles. The van der Waals surface area contributed by atoms with Crippen LogP contribution in [0.5, 0.6) is 0 Å². The molecule has 1 aromatic carbocycles. The molecule has 0 aliphatic heterocycles. The highest BCUT2D eigenvalue weighted by atomic mass is 35.5. The zero-order valence-electron chi connectivity index (χ0n) is 11.0. The molecular weight excluding hydrogens is 312 g/mol. The van der Waals surface area contributed by atoms with Crippen LogP contribution in [-0.2, 0) is 0 Å². The Labute approximate surface area is 131 Å². The highest BCUT2D eigenvalue weighted by molar-refractivity contribution is 8.22. The summed E-state index contributed by atoms with van der Waals surface area (Å²) in [5, 5.41) is 0.615. The molecule has 0 radical (unpaired) electrons. The van der Waals surface area contributed by atoms with E-state index in [0.717, 1.165) is 4.24 Å². The van der Waals surface area contributed by atoms with Crippen LogP contribution >= 0.6 is 35.1 Å². The van der Waals surface area contributed by atoms with Gasteiger partial charge in [0.15, 0.2) is 0 Å². The molecule has 0 bridgehead atoms. The minimum absolute atomic E-state index is 0.0432. The minimum Gasteiger partial charge on any atom is -0.301 e. The van der Waals surface area contributed by atoms with Gasteiger partial charge in [0.1, 0.15) is 5.70 Å². The standard InChI is InChI=1S/C14H13ClN2OS2/c1-19-14(20-2)12(17-8-7-16-9-17)13(18)10-3-5-11(15)6-4-10/h3-9H,1-2H3. The number of rotatable bonds is 5. The van der Waals surface area contributed by atoms with Gasteiger partial charge in [-0.3, -0.25) is 4.79 Å². The van der Waals surface area contributed by atoms with Crippen LogP contribution in [-0.4, -0.2) is 27.8 Å². The molecule has 0 spiro atoms. The molecule has 2 rings (SSSR count). The van der Waals surface area contributed by atoms with E-state index in [9.17, 15) is 4.79 Å². The van der Waals surface area contributed by atoms with Gasteiger partial charge in [-0.05, 0) is 36.8 Å². The van der Waals surface area contributed by atoms with E-state index in [4.69, 9.17) is 11.6 Å². The Bertz CT molecular complexity index is 615. The van der Waals surface area contributed by atoms with Crippen molar-refractivity contribution in [2.24, 2.45) is 0 Å². The summed E-state index contributed by atoms with van der Waals surface area (Å²) in [5.41, 5.74) is 1.23. The molecule has 2 aromatic rings. The molecule has 6 heteroatoms. The van der Waals surface area contributed by atoms with Crippen molar-refractivity contribution in [3.8, 4) is 0 Å². The Hall–Kier alpha value is -1.17. The lowest BCUT2D eigenvalue weighted by Gasteiger charge is -2.12. The van der Waals surface area contributed by atoms with Crippen molar-refractivity contribution >= 4 is 46.6 Å². The molecule has 0 aliphatic carbocycles. The summed E-state index contributed by atoms with van der Waals surface area (Å²) in [7, 11) is 0. The third-order valence-electron chi connectivity index (χ3n) is 2.65. The average Bonchev–Trinajstić information content (AvgIpc) is 2.98. The fourth-order valence-corrected chi connectivity index (χ4v) is 3.30. The molecule has 3 nitrogen and oxygen atoms in total. The summed E-state index contributed by atoms with van der Waals surface area (Å²) >= 11 is 8.96. The second-order valence-corrected chi connectivity index (χ2v) is 6.18. The van der Waals surface area contributed by atoms with Crippen molar-refractivity contribution in [1.29, 1.82) is 0 Å². The summed E-state index contributed by atoms with van der Waals surface area (Å²) in [6.07, 6.45) is 8.98. The largest absolute Gasteiger partial charge is 0.301 e. The SMILES string of the molecule is CSC(SC)=C(C(=O)c1ccc(Cl)cc1)n1ccnc1. The van der Waals surface area contributed by atoms with Gasteiger partial charge in [-0.15, -0.1) is 23.5 Å². The van der Waals surface area contributed by atoms with E-state index >= 15 is 0 Å². The number of aromatic nitrogens is 2. The van der Waals surface area contributed by atoms with Crippen LogP contribution in [0.3, 0.4) is 0 Å². The maximum absolute atomic E-state index is 12.7. The predicted octanol–water partition coefficient (Wildman–Crippen LogP) is 4.27. The van der Waals surface area contributed by atoms with Crippen LogP contribution in [0, 0.1) is 0 Å². The van der Waals surface area contributed by atoms with Crippen molar-refractivity contribution in [1.82, 2.24) is 9.55 Å². The Morgan fingerprint density at radius 2 is 1.85 bits per heavy atom. The van der Waals surface area contributed by atoms with Gasteiger partial charge >= 0.3 is 0 Å². The second kappa shape index (κ2) is 7.02. The number of carbonyl (C=O) groups is 1. The molecule has 0 N–H and O–H groups in total. The zero-order valence-corrected chi connectivity index (χ0v) is 13.4. The second-order valence-electron chi connectivity index (χ2n) is 3.85. The Balaban J connectivity index is 2.50. The van der Waals surface area contributed by atoms with Gasteiger partial charge in [-0.2, -0.15) is 0 Å². The number of halogens is 1. The number of hydrogen-bond donors (Lipinski definition) is 0. The fraction of sp³-hybridized carbons (Fsp3) is 0.143. The molecule has 104 valence electrons. The van der Waals surface area contributed by atoms with Crippen LogP contribution in [0.4, 0.5) is 0 Å². The molecule has 0 unspecified atom stereocenters. The van der Waals surface area contributed by atoms with Gasteiger partial charge in [0.25, 0.3) is 0 Å². The van der Waals surface area contributed by atoms with Crippen LogP contribution in [0.1, 0.15) is 10.4 Å². The van der Waals surface area contributed by atoms with E-state index in [1.165, 1.54) is 0 Å². The summed E-state index contributed by atoms with van der Waals surface area (Å²) in [4.78, 5) is 16.8. The first kappa shape index (κ1) is 15.2. The van der Waals surface area contributed by atoms with Crippen molar-refractivity contribution in [3.05, 3.63) is 57.8 Å². The molecule has 0 fully saturated rings. The number of nitrogens with zero attached hydrogens (tertiary/aromatic N) is 2. The van der Waals surface area contributed by atoms with Gasteiger partial charge in [-0.25, -0.2) is 4.98 Å². The van der Waals surface area contributed by atoms with Crippen LogP contribution < -0.4 is 0 Å². The highest BCUT2D eigenvalue weighted by Gasteiger charge is 2.18. The number of allylic oxidation sites excluding steroid dienone is 1. The zero-order chi connectivity index (χ0) is 14.5. The van der Waals surface area contributed by atoms with Crippen LogP contribution in [0.15, 0.2) is 47.2 Å². The van der Waals surface area contributed by atoms with Crippen molar-refractivity contribution in [2.75, 3.05) is 12.5 Å². The Kier molecular flexibility index (Phi) is 5.34.